The molecular formula is C12H7Cl2FO3S. The van der Waals surface area contributed by atoms with Crippen molar-refractivity contribution in [2.24, 2.45) is 0 Å². The number of hydrogen-bond acceptors (Lipinski definition) is 3. The summed E-state index contributed by atoms with van der Waals surface area (Å²) in [6.07, 6.45) is 0. The van der Waals surface area contributed by atoms with E-state index in [2.05, 4.69) is 0 Å². The minimum absolute atomic E-state index is 0.0285. The monoisotopic (exact) mass is 320 g/mol. The molecule has 2 aromatic carbocycles. The fourth-order valence-corrected chi connectivity index (χ4v) is 3.05. The Morgan fingerprint density at radius 2 is 1.68 bits per heavy atom. The van der Waals surface area contributed by atoms with Crippen LogP contribution in [0.25, 0.3) is 0 Å². The van der Waals surface area contributed by atoms with Crippen LogP contribution in [0.2, 0.25) is 10.0 Å². The first-order valence-electron chi connectivity index (χ1n) is 5.04. The van der Waals surface area contributed by atoms with E-state index in [0.717, 1.165) is 18.2 Å². The van der Waals surface area contributed by atoms with Crippen LogP contribution in [0.1, 0.15) is 0 Å². The second-order valence-electron chi connectivity index (χ2n) is 3.54. The standard InChI is InChI=1S/C12H7Cl2FO3S/c13-9-3-1-2-4-12(9)19(16,17)18-11-6-5-8(15)7-10(11)14/h1-7H. The molecule has 0 radical (unpaired) electrons. The molecule has 0 fully saturated rings. The summed E-state index contributed by atoms with van der Waals surface area (Å²) in [6, 6.07) is 8.95. The average molecular weight is 321 g/mol. The van der Waals surface area contributed by atoms with Crippen LogP contribution in [0, 0.1) is 5.82 Å². The Balaban J connectivity index is 2.40. The van der Waals surface area contributed by atoms with Gasteiger partial charge >= 0.3 is 10.1 Å². The highest BCUT2D eigenvalue weighted by molar-refractivity contribution is 7.87. The maximum absolute atomic E-state index is 12.9. The quantitative estimate of drug-likeness (QED) is 0.805. The largest absolute Gasteiger partial charge is 0.377 e. The van der Waals surface area contributed by atoms with E-state index in [-0.39, 0.29) is 20.7 Å². The molecule has 0 saturated heterocycles. The molecule has 19 heavy (non-hydrogen) atoms. The first kappa shape index (κ1) is 14.1. The molecule has 2 rings (SSSR count). The summed E-state index contributed by atoms with van der Waals surface area (Å²) >= 11 is 11.5. The lowest BCUT2D eigenvalue weighted by Crippen LogP contribution is -2.10. The second kappa shape index (κ2) is 5.36. The van der Waals surface area contributed by atoms with Crippen molar-refractivity contribution in [3.05, 3.63) is 58.3 Å². The van der Waals surface area contributed by atoms with Crippen LogP contribution < -0.4 is 4.18 Å². The zero-order valence-electron chi connectivity index (χ0n) is 9.31. The van der Waals surface area contributed by atoms with E-state index < -0.39 is 15.9 Å². The summed E-state index contributed by atoms with van der Waals surface area (Å²) in [6.45, 7) is 0. The van der Waals surface area contributed by atoms with Crippen molar-refractivity contribution in [2.45, 2.75) is 4.90 Å². The smallest absolute Gasteiger partial charge is 0.340 e. The molecular weight excluding hydrogens is 314 g/mol. The molecule has 0 N–H and O–H groups in total. The molecule has 0 aliphatic heterocycles. The summed E-state index contributed by atoms with van der Waals surface area (Å²) < 4.78 is 41.7. The first-order chi connectivity index (χ1) is 8.90. The molecule has 0 heterocycles. The lowest BCUT2D eigenvalue weighted by atomic mass is 10.3. The summed E-state index contributed by atoms with van der Waals surface area (Å²) in [5.74, 6) is -0.754. The van der Waals surface area contributed by atoms with Gasteiger partial charge in [0.25, 0.3) is 0 Å². The Hall–Kier alpha value is -1.30. The summed E-state index contributed by atoms with van der Waals surface area (Å²) in [5.41, 5.74) is 0. The molecule has 7 heteroatoms. The Labute approximate surface area is 119 Å². The highest BCUT2D eigenvalue weighted by atomic mass is 35.5. The van der Waals surface area contributed by atoms with Crippen molar-refractivity contribution in [3.63, 3.8) is 0 Å². The van der Waals surface area contributed by atoms with Crippen LogP contribution in [0.4, 0.5) is 4.39 Å². The van der Waals surface area contributed by atoms with Crippen LogP contribution in [0.5, 0.6) is 5.75 Å². The van der Waals surface area contributed by atoms with Crippen molar-refractivity contribution < 1.29 is 17.0 Å². The van der Waals surface area contributed by atoms with Crippen LogP contribution in [0.15, 0.2) is 47.4 Å². The van der Waals surface area contributed by atoms with Crippen molar-refractivity contribution in [2.75, 3.05) is 0 Å². The Morgan fingerprint density at radius 1 is 1.00 bits per heavy atom. The Morgan fingerprint density at radius 3 is 2.32 bits per heavy atom. The van der Waals surface area contributed by atoms with Crippen LogP contribution in [-0.2, 0) is 10.1 Å². The summed E-state index contributed by atoms with van der Waals surface area (Å²) in [4.78, 5) is -0.183. The fraction of sp³-hybridized carbons (Fsp3) is 0. The Bertz CT molecular complexity index is 717. The predicted molar refractivity (Wildman–Crippen MR) is 70.7 cm³/mol. The van der Waals surface area contributed by atoms with Crippen molar-refractivity contribution in [3.8, 4) is 5.75 Å². The fourth-order valence-electron chi connectivity index (χ4n) is 1.35. The van der Waals surface area contributed by atoms with E-state index in [1.807, 2.05) is 0 Å². The molecule has 0 atom stereocenters. The van der Waals surface area contributed by atoms with Crippen molar-refractivity contribution in [1.29, 1.82) is 0 Å². The lowest BCUT2D eigenvalue weighted by molar-refractivity contribution is 0.485. The molecule has 0 saturated carbocycles. The van der Waals surface area contributed by atoms with E-state index in [1.54, 1.807) is 6.07 Å². The van der Waals surface area contributed by atoms with Gasteiger partial charge in [-0.15, -0.1) is 0 Å². The number of rotatable bonds is 3. The molecule has 0 aromatic heterocycles. The zero-order valence-corrected chi connectivity index (χ0v) is 11.6. The predicted octanol–water partition coefficient (Wildman–Crippen LogP) is 3.90. The molecule has 3 nitrogen and oxygen atoms in total. The van der Waals surface area contributed by atoms with Gasteiger partial charge in [0.05, 0.1) is 10.0 Å². The van der Waals surface area contributed by atoms with Gasteiger partial charge in [0.2, 0.25) is 0 Å². The third-order valence-electron chi connectivity index (χ3n) is 2.20. The molecule has 0 aliphatic rings. The van der Waals surface area contributed by atoms with E-state index >= 15 is 0 Å². The van der Waals surface area contributed by atoms with Gasteiger partial charge in [0.1, 0.15) is 10.7 Å². The number of halogens is 3. The highest BCUT2D eigenvalue weighted by Gasteiger charge is 2.21. The third kappa shape index (κ3) is 3.18. The molecule has 100 valence electrons. The van der Waals surface area contributed by atoms with E-state index in [0.29, 0.717) is 0 Å². The normalized spacial score (nSPS) is 11.3. The average Bonchev–Trinajstić information content (AvgIpc) is 2.33. The topological polar surface area (TPSA) is 43.4 Å². The van der Waals surface area contributed by atoms with Gasteiger partial charge in [-0.1, -0.05) is 35.3 Å². The molecule has 0 bridgehead atoms. The minimum Gasteiger partial charge on any atom is -0.377 e. The first-order valence-corrected chi connectivity index (χ1v) is 7.20. The van der Waals surface area contributed by atoms with Gasteiger partial charge in [-0.05, 0) is 30.3 Å². The van der Waals surface area contributed by atoms with E-state index in [4.69, 9.17) is 27.4 Å². The minimum atomic E-state index is -4.12. The highest BCUT2D eigenvalue weighted by Crippen LogP contribution is 2.30. The van der Waals surface area contributed by atoms with Gasteiger partial charge in [0.15, 0.2) is 5.75 Å². The SMILES string of the molecule is O=S(=O)(Oc1ccc(F)cc1Cl)c1ccccc1Cl. The number of benzene rings is 2. The molecule has 0 unspecified atom stereocenters. The van der Waals surface area contributed by atoms with Crippen LogP contribution >= 0.6 is 23.2 Å². The zero-order chi connectivity index (χ0) is 14.0. The van der Waals surface area contributed by atoms with E-state index in [1.165, 1.54) is 18.2 Å². The van der Waals surface area contributed by atoms with Gasteiger partial charge < -0.3 is 4.18 Å². The lowest BCUT2D eigenvalue weighted by Gasteiger charge is -2.09. The van der Waals surface area contributed by atoms with Gasteiger partial charge in [-0.25, -0.2) is 4.39 Å². The van der Waals surface area contributed by atoms with E-state index in [9.17, 15) is 12.8 Å². The number of hydrogen-bond donors (Lipinski definition) is 0. The van der Waals surface area contributed by atoms with Crippen LogP contribution in [0.3, 0.4) is 0 Å². The summed E-state index contributed by atoms with van der Waals surface area (Å²) in [7, 11) is -4.12. The maximum Gasteiger partial charge on any atom is 0.340 e. The van der Waals surface area contributed by atoms with Crippen molar-refractivity contribution >= 4 is 33.3 Å². The molecule has 0 amide bonds. The summed E-state index contributed by atoms with van der Waals surface area (Å²) in [5, 5.41) is -0.114. The van der Waals surface area contributed by atoms with Crippen molar-refractivity contribution in [1.82, 2.24) is 0 Å². The third-order valence-corrected chi connectivity index (χ3v) is 4.23. The molecule has 0 spiro atoms. The van der Waals surface area contributed by atoms with Gasteiger partial charge in [-0.3, -0.25) is 0 Å². The van der Waals surface area contributed by atoms with Gasteiger partial charge in [-0.2, -0.15) is 8.42 Å². The van der Waals surface area contributed by atoms with Crippen LogP contribution in [-0.4, -0.2) is 8.42 Å². The maximum atomic E-state index is 12.9. The Kier molecular flexibility index (Phi) is 3.99. The van der Waals surface area contributed by atoms with Gasteiger partial charge in [0, 0.05) is 0 Å². The molecule has 2 aromatic rings. The second-order valence-corrected chi connectivity index (χ2v) is 5.87. The molecule has 0 aliphatic carbocycles.